The lowest BCUT2D eigenvalue weighted by Crippen LogP contribution is -2.42. The van der Waals surface area contributed by atoms with Crippen LogP contribution in [0.1, 0.15) is 20.8 Å². The average Bonchev–Trinajstić information content (AvgIpc) is 2.80. The molecule has 2 aliphatic carbocycles. The standard InChI is InChI=1S/C14H17N3O2/c1-14(2,3)19-13(18)17-12-8-4-5-9(12)11(7-16)10(8)6-15/h4-5,8-12H,1-3H3,(H,17,18)/t8-,9+,10-,11+,12?. The van der Waals surface area contributed by atoms with Crippen LogP contribution in [0.3, 0.4) is 0 Å². The Morgan fingerprint density at radius 1 is 1.16 bits per heavy atom. The second kappa shape index (κ2) is 4.59. The number of hydrogen-bond donors (Lipinski definition) is 1. The molecule has 100 valence electrons. The van der Waals surface area contributed by atoms with Crippen LogP contribution in [0, 0.1) is 46.3 Å². The highest BCUT2D eigenvalue weighted by Crippen LogP contribution is 2.47. The zero-order valence-electron chi connectivity index (χ0n) is 11.3. The Kier molecular flexibility index (Phi) is 3.24. The molecule has 0 radical (unpaired) electrons. The Balaban J connectivity index is 2.07. The van der Waals surface area contributed by atoms with Gasteiger partial charge in [0, 0.05) is 17.9 Å². The Morgan fingerprint density at radius 2 is 1.63 bits per heavy atom. The molecule has 5 nitrogen and oxygen atoms in total. The number of nitriles is 2. The van der Waals surface area contributed by atoms with E-state index in [0.717, 1.165) is 0 Å². The molecular formula is C14H17N3O2. The fourth-order valence-corrected chi connectivity index (χ4v) is 2.89. The molecule has 19 heavy (non-hydrogen) atoms. The fourth-order valence-electron chi connectivity index (χ4n) is 2.89. The molecule has 5 heteroatoms. The van der Waals surface area contributed by atoms with Crippen molar-refractivity contribution in [3.63, 3.8) is 0 Å². The monoisotopic (exact) mass is 259 g/mol. The minimum atomic E-state index is -0.557. The van der Waals surface area contributed by atoms with Crippen molar-refractivity contribution in [2.45, 2.75) is 32.4 Å². The van der Waals surface area contributed by atoms with E-state index >= 15 is 0 Å². The first-order valence-electron chi connectivity index (χ1n) is 6.34. The van der Waals surface area contributed by atoms with Crippen LogP contribution in [0.25, 0.3) is 0 Å². The third-order valence-electron chi connectivity index (χ3n) is 3.58. The summed E-state index contributed by atoms with van der Waals surface area (Å²) in [7, 11) is 0. The summed E-state index contributed by atoms with van der Waals surface area (Å²) < 4.78 is 5.22. The van der Waals surface area contributed by atoms with Crippen molar-refractivity contribution in [2.75, 3.05) is 0 Å². The summed E-state index contributed by atoms with van der Waals surface area (Å²) in [6, 6.07) is 4.16. The van der Waals surface area contributed by atoms with Gasteiger partial charge >= 0.3 is 6.09 Å². The average molecular weight is 259 g/mol. The topological polar surface area (TPSA) is 85.9 Å². The maximum Gasteiger partial charge on any atom is 0.407 e. The second-order valence-electron chi connectivity index (χ2n) is 6.02. The largest absolute Gasteiger partial charge is 0.444 e. The van der Waals surface area contributed by atoms with E-state index in [9.17, 15) is 4.79 Å². The van der Waals surface area contributed by atoms with Crippen molar-refractivity contribution in [1.82, 2.24) is 5.32 Å². The van der Waals surface area contributed by atoms with Gasteiger partial charge in [-0.1, -0.05) is 12.2 Å². The van der Waals surface area contributed by atoms with Gasteiger partial charge in [0.1, 0.15) is 5.60 Å². The number of nitrogens with one attached hydrogen (secondary N) is 1. The summed E-state index contributed by atoms with van der Waals surface area (Å²) in [5, 5.41) is 21.1. The number of carbonyl (C=O) groups is 1. The maximum atomic E-state index is 11.8. The molecule has 1 unspecified atom stereocenters. The van der Waals surface area contributed by atoms with E-state index in [-0.39, 0.29) is 29.7 Å². The Morgan fingerprint density at radius 3 is 2.00 bits per heavy atom. The zero-order valence-corrected chi connectivity index (χ0v) is 11.3. The van der Waals surface area contributed by atoms with Crippen LogP contribution in [0.2, 0.25) is 0 Å². The summed E-state index contributed by atoms with van der Waals surface area (Å²) in [6.07, 6.45) is 3.36. The summed E-state index contributed by atoms with van der Waals surface area (Å²) in [5.41, 5.74) is -0.557. The highest BCUT2D eigenvalue weighted by molar-refractivity contribution is 5.68. The van der Waals surface area contributed by atoms with Crippen LogP contribution < -0.4 is 5.32 Å². The van der Waals surface area contributed by atoms with Gasteiger partial charge in [0.15, 0.2) is 0 Å². The molecule has 0 aliphatic heterocycles. The quantitative estimate of drug-likeness (QED) is 0.729. The molecule has 0 saturated heterocycles. The van der Waals surface area contributed by atoms with Crippen LogP contribution in [0.5, 0.6) is 0 Å². The molecule has 0 heterocycles. The van der Waals surface area contributed by atoms with Crippen molar-refractivity contribution in [2.24, 2.45) is 23.7 Å². The van der Waals surface area contributed by atoms with Crippen molar-refractivity contribution in [1.29, 1.82) is 10.5 Å². The van der Waals surface area contributed by atoms with Crippen LogP contribution in [0.15, 0.2) is 12.2 Å². The third kappa shape index (κ3) is 2.42. The van der Waals surface area contributed by atoms with E-state index in [1.807, 2.05) is 12.2 Å². The number of ether oxygens (including phenoxy) is 1. The van der Waals surface area contributed by atoms with Gasteiger partial charge in [-0.25, -0.2) is 4.79 Å². The maximum absolute atomic E-state index is 11.8. The van der Waals surface area contributed by atoms with Gasteiger partial charge in [-0.05, 0) is 20.8 Å². The first kappa shape index (κ1) is 13.4. The molecule has 1 fully saturated rings. The van der Waals surface area contributed by atoms with Gasteiger partial charge in [0.05, 0.1) is 24.0 Å². The van der Waals surface area contributed by atoms with Crippen molar-refractivity contribution < 1.29 is 9.53 Å². The predicted octanol–water partition coefficient (Wildman–Crippen LogP) is 1.98. The number of nitrogens with zero attached hydrogens (tertiary/aromatic N) is 2. The Labute approximate surface area is 112 Å². The van der Waals surface area contributed by atoms with E-state index in [2.05, 4.69) is 17.5 Å². The lowest BCUT2D eigenvalue weighted by molar-refractivity contribution is 0.0492. The number of fused-ring (bicyclic) bond motifs is 2. The normalized spacial score (nSPS) is 35.5. The highest BCUT2D eigenvalue weighted by atomic mass is 16.6. The van der Waals surface area contributed by atoms with E-state index in [0.29, 0.717) is 0 Å². The number of alkyl carbamates (subject to hydrolysis) is 1. The smallest absolute Gasteiger partial charge is 0.407 e. The van der Waals surface area contributed by atoms with Gasteiger partial charge in [-0.15, -0.1) is 0 Å². The molecule has 1 amide bonds. The highest BCUT2D eigenvalue weighted by Gasteiger charge is 2.53. The zero-order chi connectivity index (χ0) is 14.2. The molecule has 0 aromatic heterocycles. The fraction of sp³-hybridized carbons (Fsp3) is 0.643. The van der Waals surface area contributed by atoms with Gasteiger partial charge < -0.3 is 10.1 Å². The molecule has 1 saturated carbocycles. The van der Waals surface area contributed by atoms with Crippen molar-refractivity contribution in [3.05, 3.63) is 12.2 Å². The molecular weight excluding hydrogens is 242 g/mol. The van der Waals surface area contributed by atoms with E-state index in [4.69, 9.17) is 15.3 Å². The van der Waals surface area contributed by atoms with Gasteiger partial charge in [0.2, 0.25) is 0 Å². The molecule has 2 rings (SSSR count). The minimum Gasteiger partial charge on any atom is -0.444 e. The summed E-state index contributed by atoms with van der Waals surface area (Å²) in [6.45, 7) is 5.39. The van der Waals surface area contributed by atoms with Crippen molar-refractivity contribution in [3.8, 4) is 12.1 Å². The van der Waals surface area contributed by atoms with Crippen LogP contribution in [-0.2, 0) is 4.74 Å². The summed E-state index contributed by atoms with van der Waals surface area (Å²) >= 11 is 0. The summed E-state index contributed by atoms with van der Waals surface area (Å²) in [4.78, 5) is 11.8. The van der Waals surface area contributed by atoms with E-state index in [1.54, 1.807) is 20.8 Å². The minimum absolute atomic E-state index is 0.0906. The molecule has 1 N–H and O–H groups in total. The second-order valence-corrected chi connectivity index (χ2v) is 6.02. The Bertz CT molecular complexity index is 462. The lowest BCUT2D eigenvalue weighted by Gasteiger charge is -2.23. The Hall–Kier alpha value is -2.01. The molecule has 5 atom stereocenters. The first-order valence-corrected chi connectivity index (χ1v) is 6.34. The van der Waals surface area contributed by atoms with E-state index < -0.39 is 11.7 Å². The van der Waals surface area contributed by atoms with Gasteiger partial charge in [-0.3, -0.25) is 0 Å². The molecule has 0 aromatic rings. The molecule has 2 bridgehead atoms. The van der Waals surface area contributed by atoms with Gasteiger partial charge in [-0.2, -0.15) is 10.5 Å². The molecule has 0 aromatic carbocycles. The van der Waals surface area contributed by atoms with Crippen LogP contribution >= 0.6 is 0 Å². The number of amides is 1. The van der Waals surface area contributed by atoms with Crippen LogP contribution in [0.4, 0.5) is 4.79 Å². The SMILES string of the molecule is CC(C)(C)OC(=O)NC1[C@H]2C=C[C@@H]1[C@@H](C#N)[C@H]2C#N. The van der Waals surface area contributed by atoms with Crippen molar-refractivity contribution >= 4 is 6.09 Å². The number of carbonyl (C=O) groups excluding carboxylic acids is 1. The number of rotatable bonds is 1. The van der Waals surface area contributed by atoms with Crippen LogP contribution in [-0.4, -0.2) is 17.7 Å². The van der Waals surface area contributed by atoms with Gasteiger partial charge in [0.25, 0.3) is 0 Å². The summed E-state index contributed by atoms with van der Waals surface area (Å²) in [5.74, 6) is -0.876. The molecule has 2 aliphatic rings. The predicted molar refractivity (Wildman–Crippen MR) is 67.5 cm³/mol. The third-order valence-corrected chi connectivity index (χ3v) is 3.58. The lowest BCUT2D eigenvalue weighted by atomic mass is 9.85. The van der Waals surface area contributed by atoms with E-state index in [1.165, 1.54) is 0 Å². The molecule has 0 spiro atoms. The first-order chi connectivity index (χ1) is 8.87. The number of hydrogen-bond acceptors (Lipinski definition) is 4.